The lowest BCUT2D eigenvalue weighted by molar-refractivity contribution is -0.137. The maximum absolute atomic E-state index is 12.6. The monoisotopic (exact) mass is 367 g/mol. The molecular weight excluding hydrogens is 343 g/mol. The van der Waals surface area contributed by atoms with Gasteiger partial charge in [-0.3, -0.25) is 9.80 Å². The van der Waals surface area contributed by atoms with Crippen molar-refractivity contribution in [1.29, 1.82) is 0 Å². The van der Waals surface area contributed by atoms with Gasteiger partial charge >= 0.3 is 6.18 Å². The predicted octanol–water partition coefficient (Wildman–Crippen LogP) is 4.28. The Morgan fingerprint density at radius 3 is 2.15 bits per heavy atom. The summed E-state index contributed by atoms with van der Waals surface area (Å²) in [5.74, 6) is 0.349. The van der Waals surface area contributed by atoms with E-state index in [4.69, 9.17) is 4.42 Å². The third-order valence-corrected chi connectivity index (χ3v) is 4.72. The van der Waals surface area contributed by atoms with Crippen molar-refractivity contribution < 1.29 is 17.6 Å². The maximum Gasteiger partial charge on any atom is 0.416 e. The Labute approximate surface area is 151 Å². The molecule has 1 aromatic heterocycles. The third-order valence-electron chi connectivity index (χ3n) is 4.72. The van der Waals surface area contributed by atoms with Crippen LogP contribution in [0.15, 0.2) is 34.9 Å². The van der Waals surface area contributed by atoms with Crippen molar-refractivity contribution in [2.75, 3.05) is 26.2 Å². The molecule has 142 valence electrons. The molecule has 0 bridgehead atoms. The molecule has 2 aromatic rings. The highest BCUT2D eigenvalue weighted by atomic mass is 19.4. The van der Waals surface area contributed by atoms with E-state index in [0.29, 0.717) is 18.0 Å². The minimum Gasteiger partial charge on any atom is -0.444 e. The number of aromatic nitrogens is 1. The molecule has 1 aliphatic heterocycles. The van der Waals surface area contributed by atoms with Gasteiger partial charge in [-0.1, -0.05) is 0 Å². The van der Waals surface area contributed by atoms with E-state index in [1.165, 1.54) is 12.1 Å². The quantitative estimate of drug-likeness (QED) is 0.811. The summed E-state index contributed by atoms with van der Waals surface area (Å²) in [6, 6.07) is 4.87. The first-order valence-corrected chi connectivity index (χ1v) is 8.72. The van der Waals surface area contributed by atoms with Gasteiger partial charge in [0.2, 0.25) is 5.89 Å². The zero-order chi connectivity index (χ0) is 18.9. The third kappa shape index (κ3) is 4.45. The minimum atomic E-state index is -4.34. The van der Waals surface area contributed by atoms with Gasteiger partial charge in [-0.15, -0.1) is 0 Å². The summed E-state index contributed by atoms with van der Waals surface area (Å²) in [5.41, 5.74) is 0.839. The fourth-order valence-corrected chi connectivity index (χ4v) is 3.12. The van der Waals surface area contributed by atoms with Crippen LogP contribution < -0.4 is 0 Å². The topological polar surface area (TPSA) is 32.5 Å². The summed E-state index contributed by atoms with van der Waals surface area (Å²) in [5, 5.41) is 0. The fourth-order valence-electron chi connectivity index (χ4n) is 3.12. The first-order valence-electron chi connectivity index (χ1n) is 8.72. The van der Waals surface area contributed by atoms with E-state index < -0.39 is 11.7 Å². The van der Waals surface area contributed by atoms with E-state index in [2.05, 4.69) is 35.6 Å². The molecule has 7 heteroatoms. The molecule has 0 spiro atoms. The molecule has 0 atom stereocenters. The number of nitrogens with zero attached hydrogens (tertiary/aromatic N) is 3. The summed E-state index contributed by atoms with van der Waals surface area (Å²) < 4.78 is 43.4. The Morgan fingerprint density at radius 2 is 1.62 bits per heavy atom. The average molecular weight is 367 g/mol. The van der Waals surface area contributed by atoms with E-state index >= 15 is 0 Å². The SMILES string of the molecule is CC(C)(C)N1CCN(Cc2coc(-c3ccc(C(F)(F)F)cc3)n2)CC1. The van der Waals surface area contributed by atoms with Crippen LogP contribution in [0.2, 0.25) is 0 Å². The van der Waals surface area contributed by atoms with Gasteiger partial charge in [0.25, 0.3) is 0 Å². The molecule has 4 nitrogen and oxygen atoms in total. The minimum absolute atomic E-state index is 0.176. The summed E-state index contributed by atoms with van der Waals surface area (Å²) >= 11 is 0. The molecule has 1 aromatic carbocycles. The van der Waals surface area contributed by atoms with Crippen molar-refractivity contribution in [2.45, 2.75) is 39.0 Å². The molecule has 0 unspecified atom stereocenters. The molecule has 1 aliphatic rings. The highest BCUT2D eigenvalue weighted by Gasteiger charge is 2.30. The Morgan fingerprint density at radius 1 is 1.00 bits per heavy atom. The van der Waals surface area contributed by atoms with Crippen LogP contribution in [0.25, 0.3) is 11.5 Å². The lowest BCUT2D eigenvalue weighted by Gasteiger charge is -2.42. The van der Waals surface area contributed by atoms with Crippen LogP contribution in [0.4, 0.5) is 13.2 Å². The van der Waals surface area contributed by atoms with E-state index in [1.54, 1.807) is 6.26 Å². The predicted molar refractivity (Wildman–Crippen MR) is 93.5 cm³/mol. The molecule has 0 aliphatic carbocycles. The molecule has 26 heavy (non-hydrogen) atoms. The fraction of sp³-hybridized carbons (Fsp3) is 0.526. The lowest BCUT2D eigenvalue weighted by Crippen LogP contribution is -2.53. The van der Waals surface area contributed by atoms with Gasteiger partial charge in [-0.25, -0.2) is 4.98 Å². The number of piperazine rings is 1. The molecule has 0 radical (unpaired) electrons. The number of oxazole rings is 1. The van der Waals surface area contributed by atoms with Gasteiger partial charge in [0.1, 0.15) is 6.26 Å². The highest BCUT2D eigenvalue weighted by Crippen LogP contribution is 2.30. The van der Waals surface area contributed by atoms with Crippen molar-refractivity contribution in [3.05, 3.63) is 41.8 Å². The molecule has 0 saturated carbocycles. The normalized spacial score (nSPS) is 17.6. The van der Waals surface area contributed by atoms with Crippen molar-refractivity contribution in [3.63, 3.8) is 0 Å². The van der Waals surface area contributed by atoms with Crippen LogP contribution >= 0.6 is 0 Å². The number of benzene rings is 1. The second kappa shape index (κ2) is 7.04. The second-order valence-corrected chi connectivity index (χ2v) is 7.65. The van der Waals surface area contributed by atoms with Crippen LogP contribution in [0.1, 0.15) is 32.0 Å². The second-order valence-electron chi connectivity index (χ2n) is 7.65. The van der Waals surface area contributed by atoms with E-state index in [9.17, 15) is 13.2 Å². The average Bonchev–Trinajstić information content (AvgIpc) is 3.02. The van der Waals surface area contributed by atoms with Crippen molar-refractivity contribution >= 4 is 0 Å². The van der Waals surface area contributed by atoms with E-state index in [-0.39, 0.29) is 5.54 Å². The first-order chi connectivity index (χ1) is 12.1. The summed E-state index contributed by atoms with van der Waals surface area (Å²) in [6.07, 6.45) is -2.75. The van der Waals surface area contributed by atoms with Crippen molar-refractivity contribution in [3.8, 4) is 11.5 Å². The molecule has 0 amide bonds. The number of rotatable bonds is 3. The van der Waals surface area contributed by atoms with Crippen LogP contribution in [-0.4, -0.2) is 46.5 Å². The Kier molecular flexibility index (Phi) is 5.12. The van der Waals surface area contributed by atoms with Crippen molar-refractivity contribution in [1.82, 2.24) is 14.8 Å². The van der Waals surface area contributed by atoms with Crippen LogP contribution in [-0.2, 0) is 12.7 Å². The van der Waals surface area contributed by atoms with Gasteiger partial charge in [-0.05, 0) is 45.0 Å². The maximum atomic E-state index is 12.6. The standard InChI is InChI=1S/C19H24F3N3O/c1-18(2,3)25-10-8-24(9-11-25)12-16-13-26-17(23-16)14-4-6-15(7-5-14)19(20,21)22/h4-7,13H,8-12H2,1-3H3. The Bertz CT molecular complexity index is 724. The first kappa shape index (κ1) is 18.9. The molecular formula is C19H24F3N3O. The largest absolute Gasteiger partial charge is 0.444 e. The van der Waals surface area contributed by atoms with Gasteiger partial charge in [0.15, 0.2) is 0 Å². The van der Waals surface area contributed by atoms with Gasteiger partial charge in [-0.2, -0.15) is 13.2 Å². The molecule has 2 heterocycles. The number of hydrogen-bond acceptors (Lipinski definition) is 4. The van der Waals surface area contributed by atoms with Gasteiger partial charge in [0, 0.05) is 43.8 Å². The van der Waals surface area contributed by atoms with Gasteiger partial charge in [0.05, 0.1) is 11.3 Å². The number of hydrogen-bond donors (Lipinski definition) is 0. The Hall–Kier alpha value is -1.86. The molecule has 1 saturated heterocycles. The van der Waals surface area contributed by atoms with Crippen LogP contribution in [0.5, 0.6) is 0 Å². The zero-order valence-electron chi connectivity index (χ0n) is 15.3. The zero-order valence-corrected chi connectivity index (χ0v) is 15.3. The van der Waals surface area contributed by atoms with Crippen LogP contribution in [0.3, 0.4) is 0 Å². The molecule has 1 fully saturated rings. The summed E-state index contributed by atoms with van der Waals surface area (Å²) in [6.45, 7) is 11.3. The van der Waals surface area contributed by atoms with E-state index in [0.717, 1.165) is 44.0 Å². The number of halogens is 3. The molecule has 3 rings (SSSR count). The Balaban J connectivity index is 1.60. The molecule has 0 N–H and O–H groups in total. The number of alkyl halides is 3. The van der Waals surface area contributed by atoms with Crippen molar-refractivity contribution in [2.24, 2.45) is 0 Å². The van der Waals surface area contributed by atoms with Crippen LogP contribution in [0, 0.1) is 0 Å². The van der Waals surface area contributed by atoms with Gasteiger partial charge < -0.3 is 4.42 Å². The summed E-state index contributed by atoms with van der Waals surface area (Å²) in [4.78, 5) is 9.21. The highest BCUT2D eigenvalue weighted by molar-refractivity contribution is 5.53. The summed E-state index contributed by atoms with van der Waals surface area (Å²) in [7, 11) is 0. The van der Waals surface area contributed by atoms with E-state index in [1.807, 2.05) is 0 Å². The smallest absolute Gasteiger partial charge is 0.416 e. The lowest BCUT2D eigenvalue weighted by atomic mass is 10.0.